The van der Waals surface area contributed by atoms with Gasteiger partial charge in [0.1, 0.15) is 0 Å². The summed E-state index contributed by atoms with van der Waals surface area (Å²) in [5.74, 6) is 0. The van der Waals surface area contributed by atoms with Gasteiger partial charge in [-0.1, -0.05) is 0 Å². The Morgan fingerprint density at radius 1 is 1.43 bits per heavy atom. The molecule has 2 nitrogen and oxygen atoms in total. The number of hydrogen-bond acceptors (Lipinski definition) is 2. The van der Waals surface area contributed by atoms with Crippen molar-refractivity contribution in [2.24, 2.45) is 11.5 Å². The summed E-state index contributed by atoms with van der Waals surface area (Å²) in [6.45, 7) is 0. The zero-order chi connectivity index (χ0) is 5.86. The van der Waals surface area contributed by atoms with Crippen molar-refractivity contribution < 1.29 is 0 Å². The van der Waals surface area contributed by atoms with Crippen LogP contribution in [0.15, 0.2) is 0 Å². The molecule has 0 rings (SSSR count). The first-order valence-electron chi connectivity index (χ1n) is 1.98. The molecule has 4 heteroatoms. The van der Waals surface area contributed by atoms with E-state index in [1.807, 2.05) is 0 Å². The Balaban J connectivity index is 2.95. The maximum absolute atomic E-state index is 5.36. The second-order valence-electron chi connectivity index (χ2n) is 1.38. The van der Waals surface area contributed by atoms with E-state index in [1.165, 1.54) is 0 Å². The zero-order valence-corrected chi connectivity index (χ0v) is 8.66. The Hall–Kier alpha value is 1.17. The van der Waals surface area contributed by atoms with E-state index in [0.717, 1.165) is 0 Å². The summed E-state index contributed by atoms with van der Waals surface area (Å²) >= 11 is -0.315. The van der Waals surface area contributed by atoms with E-state index in [9.17, 15) is 0 Å². The predicted octanol–water partition coefficient (Wildman–Crippen LogP) is -0.933. The van der Waals surface area contributed by atoms with Crippen LogP contribution in [-0.2, 0) is 0 Å². The molecule has 0 aromatic carbocycles. The van der Waals surface area contributed by atoms with Gasteiger partial charge in [0.15, 0.2) is 0 Å². The van der Waals surface area contributed by atoms with Gasteiger partial charge in [0.05, 0.1) is 0 Å². The van der Waals surface area contributed by atoms with Gasteiger partial charge in [-0.3, -0.25) is 0 Å². The molecule has 0 aromatic rings. The average Bonchev–Trinajstić information content (AvgIpc) is 1.27. The summed E-state index contributed by atoms with van der Waals surface area (Å²) in [7, 11) is 0.277. The van der Waals surface area contributed by atoms with Crippen molar-refractivity contribution in [3.63, 3.8) is 0 Å². The fourth-order valence-corrected chi connectivity index (χ4v) is 6.41. The molecule has 0 aliphatic rings. The quantitative estimate of drug-likeness (QED) is 0.455. The molecule has 0 aliphatic carbocycles. The Kier molecular flexibility index (Phi) is 4.77. The number of rotatable bonds is 2. The second kappa shape index (κ2) is 4.09. The first-order valence-corrected chi connectivity index (χ1v) is 10.2. The van der Waals surface area contributed by atoms with Gasteiger partial charge in [-0.05, 0) is 0 Å². The molecule has 0 fully saturated rings. The minimum atomic E-state index is -0.315. The Morgan fingerprint density at radius 3 is 1.86 bits per heavy atom. The third-order valence-corrected chi connectivity index (χ3v) is 8.75. The average molecular weight is 317 g/mol. The molecule has 46 valence electrons. The Morgan fingerprint density at radius 2 is 1.86 bits per heavy atom. The molecule has 7 heavy (non-hydrogen) atoms. The Bertz CT molecular complexity index is 42.2. The molecule has 0 aromatic heterocycles. The van der Waals surface area contributed by atoms with Crippen LogP contribution in [0, 0.1) is 0 Å². The van der Waals surface area contributed by atoms with Gasteiger partial charge in [-0.25, -0.2) is 0 Å². The molecule has 0 unspecified atom stereocenters. The fourth-order valence-electron chi connectivity index (χ4n) is 0.243. The molecule has 0 saturated heterocycles. The van der Waals surface area contributed by atoms with E-state index in [4.69, 9.17) is 11.5 Å². The summed E-state index contributed by atoms with van der Waals surface area (Å²) < 4.78 is 0.0705. The number of thiol groups is 1. The van der Waals surface area contributed by atoms with Crippen LogP contribution in [0.25, 0.3) is 0 Å². The summed E-state index contributed by atoms with van der Waals surface area (Å²) in [6.07, 6.45) is 4.49. The number of nitrogens with two attached hydrogens (primary N) is 2. The maximum atomic E-state index is 5.36. The van der Waals surface area contributed by atoms with Crippen molar-refractivity contribution in [1.29, 1.82) is 0 Å². The van der Waals surface area contributed by atoms with E-state index in [-0.39, 0.29) is 33.5 Å². The van der Waals surface area contributed by atoms with Gasteiger partial charge in [-0.2, -0.15) is 0 Å². The molecule has 0 atom stereocenters. The first kappa shape index (κ1) is 8.17. The summed E-state index contributed by atoms with van der Waals surface area (Å²) in [6, 6.07) is 0. The molecule has 4 N–H and O–H groups in total. The van der Waals surface area contributed by atoms with E-state index in [0.29, 0.717) is 0 Å². The monoisotopic (exact) mass is 317 g/mol. The molecule has 0 radical (unpaired) electrons. The predicted molar refractivity (Wildman–Crippen MR) is 38.8 cm³/mol. The molecule has 0 amide bonds. The van der Waals surface area contributed by atoms with Crippen molar-refractivity contribution in [2.45, 2.75) is 3.82 Å². The third-order valence-electron chi connectivity index (χ3n) is 0.333. The van der Waals surface area contributed by atoms with E-state index in [1.54, 1.807) is 0 Å². The molecular weight excluding hydrogens is 305 g/mol. The number of hydrogen-bond donors (Lipinski definition) is 3. The Labute approximate surface area is 57.4 Å². The third kappa shape index (κ3) is 7.17. The SMILES string of the molecule is C[SH](C)[Po][CH](N)N. The molecule has 0 bridgehead atoms. The second-order valence-corrected chi connectivity index (χ2v) is 16.3. The van der Waals surface area contributed by atoms with Crippen molar-refractivity contribution >= 4 is 29.7 Å². The topological polar surface area (TPSA) is 52.0 Å². The molecule has 0 heterocycles. The van der Waals surface area contributed by atoms with E-state index < -0.39 is 0 Å². The van der Waals surface area contributed by atoms with Gasteiger partial charge >= 0.3 is 57.5 Å². The van der Waals surface area contributed by atoms with Crippen LogP contribution >= 0.6 is 7.58 Å². The van der Waals surface area contributed by atoms with Crippen LogP contribution in [0.2, 0.25) is 0 Å². The molecule has 0 aliphatic heterocycles. The van der Waals surface area contributed by atoms with Gasteiger partial charge < -0.3 is 0 Å². The summed E-state index contributed by atoms with van der Waals surface area (Å²) in [5.41, 5.74) is 10.7. The summed E-state index contributed by atoms with van der Waals surface area (Å²) in [4.78, 5) is 0. The van der Waals surface area contributed by atoms with Crippen LogP contribution in [0.5, 0.6) is 0 Å². The fraction of sp³-hybridized carbons (Fsp3) is 1.00. The van der Waals surface area contributed by atoms with Crippen molar-refractivity contribution in [1.82, 2.24) is 0 Å². The first-order chi connectivity index (χ1) is 3.13. The summed E-state index contributed by atoms with van der Waals surface area (Å²) in [5, 5.41) is 0. The van der Waals surface area contributed by atoms with E-state index >= 15 is 0 Å². The van der Waals surface area contributed by atoms with Crippen LogP contribution in [0.3, 0.4) is 0 Å². The zero-order valence-electron chi connectivity index (χ0n) is 4.59. The molecule has 0 saturated carbocycles. The van der Waals surface area contributed by atoms with Gasteiger partial charge in [0, 0.05) is 0 Å². The van der Waals surface area contributed by atoms with E-state index in [2.05, 4.69) is 12.5 Å². The van der Waals surface area contributed by atoms with Gasteiger partial charge in [-0.15, -0.1) is 0 Å². The van der Waals surface area contributed by atoms with Crippen LogP contribution in [0.4, 0.5) is 0 Å². The molecular formula is C3H12N2PoS. The minimum absolute atomic E-state index is 0.0705. The van der Waals surface area contributed by atoms with Crippen molar-refractivity contribution in [3.05, 3.63) is 0 Å². The van der Waals surface area contributed by atoms with Gasteiger partial charge in [0.25, 0.3) is 0 Å². The van der Waals surface area contributed by atoms with Gasteiger partial charge in [0.2, 0.25) is 0 Å². The normalized spacial score (nSPS) is 12.4. The van der Waals surface area contributed by atoms with Crippen molar-refractivity contribution in [3.8, 4) is 0 Å². The molecule has 0 spiro atoms. The standard InChI is InChI=1S/C2H6S.CH5N2.Po/c1-3-2;2-1-3;/h1-2H3;1H,2-3H2;/q;;-1/p+1. The van der Waals surface area contributed by atoms with Crippen LogP contribution in [0.1, 0.15) is 0 Å². The van der Waals surface area contributed by atoms with Crippen LogP contribution in [-0.4, -0.2) is 38.4 Å². The van der Waals surface area contributed by atoms with Crippen molar-refractivity contribution in [2.75, 3.05) is 12.5 Å². The van der Waals surface area contributed by atoms with Crippen LogP contribution < -0.4 is 11.5 Å².